The number of nitrogens with one attached hydrogen (secondary N) is 2. The molecule has 2 unspecified atom stereocenters. The van der Waals surface area contributed by atoms with Crippen LogP contribution in [0.1, 0.15) is 38.7 Å². The Morgan fingerprint density at radius 1 is 1.11 bits per heavy atom. The lowest BCUT2D eigenvalue weighted by molar-refractivity contribution is -0.129. The predicted octanol–water partition coefficient (Wildman–Crippen LogP) is 1.82. The van der Waals surface area contributed by atoms with Crippen LogP contribution in [-0.2, 0) is 9.59 Å². The van der Waals surface area contributed by atoms with Gasteiger partial charge in [-0.05, 0) is 25.8 Å². The molecule has 4 nitrogen and oxygen atoms in total. The second kappa shape index (κ2) is 7.56. The summed E-state index contributed by atoms with van der Waals surface area (Å²) < 4.78 is 0. The van der Waals surface area contributed by atoms with Crippen molar-refractivity contribution in [1.82, 2.24) is 10.6 Å². The molecule has 1 rings (SSSR count). The van der Waals surface area contributed by atoms with Crippen LogP contribution < -0.4 is 10.6 Å². The van der Waals surface area contributed by atoms with Crippen molar-refractivity contribution in [3.63, 3.8) is 0 Å². The van der Waals surface area contributed by atoms with Gasteiger partial charge in [0.15, 0.2) is 0 Å². The second-order valence-corrected chi connectivity index (χ2v) is 4.50. The van der Waals surface area contributed by atoms with Crippen molar-refractivity contribution in [1.29, 1.82) is 0 Å². The zero-order valence-corrected chi connectivity index (χ0v) is 11.8. The lowest BCUT2D eigenvalue weighted by Crippen LogP contribution is -2.47. The maximum absolute atomic E-state index is 12.1. The molecular formula is C15H22N2O2. The third-order valence-corrected chi connectivity index (χ3v) is 3.09. The molecule has 4 heteroatoms. The first kappa shape index (κ1) is 15.2. The van der Waals surface area contributed by atoms with Gasteiger partial charge in [-0.15, -0.1) is 0 Å². The summed E-state index contributed by atoms with van der Waals surface area (Å²) in [5.41, 5.74) is 0.950. The zero-order valence-electron chi connectivity index (χ0n) is 11.8. The second-order valence-electron chi connectivity index (χ2n) is 4.50. The highest BCUT2D eigenvalue weighted by molar-refractivity contribution is 5.90. The monoisotopic (exact) mass is 262 g/mol. The number of amides is 2. The minimum absolute atomic E-state index is 0.121. The van der Waals surface area contributed by atoms with Gasteiger partial charge in [0, 0.05) is 6.54 Å². The normalized spacial score (nSPS) is 13.4. The van der Waals surface area contributed by atoms with Crippen LogP contribution in [0.25, 0.3) is 0 Å². The van der Waals surface area contributed by atoms with Gasteiger partial charge in [0.2, 0.25) is 11.8 Å². The van der Waals surface area contributed by atoms with Crippen molar-refractivity contribution in [2.75, 3.05) is 6.54 Å². The molecule has 1 aromatic rings. The Bertz CT molecular complexity index is 417. The predicted molar refractivity (Wildman–Crippen MR) is 75.8 cm³/mol. The van der Waals surface area contributed by atoms with E-state index in [2.05, 4.69) is 10.6 Å². The van der Waals surface area contributed by atoms with Crippen molar-refractivity contribution in [2.45, 2.75) is 39.2 Å². The SMILES string of the molecule is CCNC(=O)C(CC)NC(=O)C(C)c1ccccc1. The number of carbonyl (C=O) groups is 2. The average Bonchev–Trinajstić information content (AvgIpc) is 2.44. The van der Waals surface area contributed by atoms with E-state index in [9.17, 15) is 9.59 Å². The van der Waals surface area contributed by atoms with Crippen molar-refractivity contribution in [3.05, 3.63) is 35.9 Å². The van der Waals surface area contributed by atoms with E-state index in [1.54, 1.807) is 0 Å². The molecule has 2 atom stereocenters. The van der Waals surface area contributed by atoms with Crippen molar-refractivity contribution >= 4 is 11.8 Å². The summed E-state index contributed by atoms with van der Waals surface area (Å²) in [5, 5.41) is 5.53. The molecule has 1 aromatic carbocycles. The fourth-order valence-electron chi connectivity index (χ4n) is 1.84. The van der Waals surface area contributed by atoms with E-state index < -0.39 is 6.04 Å². The molecule has 0 saturated heterocycles. The van der Waals surface area contributed by atoms with Crippen LogP contribution in [0.2, 0.25) is 0 Å². The molecule has 0 aliphatic heterocycles. The Hall–Kier alpha value is -1.84. The van der Waals surface area contributed by atoms with Gasteiger partial charge in [-0.2, -0.15) is 0 Å². The van der Waals surface area contributed by atoms with E-state index in [0.717, 1.165) is 5.56 Å². The van der Waals surface area contributed by atoms with Crippen molar-refractivity contribution < 1.29 is 9.59 Å². The van der Waals surface area contributed by atoms with Crippen molar-refractivity contribution in [3.8, 4) is 0 Å². The smallest absolute Gasteiger partial charge is 0.242 e. The summed E-state index contributed by atoms with van der Waals surface area (Å²) in [4.78, 5) is 23.9. The molecule has 0 radical (unpaired) electrons. The van der Waals surface area contributed by atoms with E-state index >= 15 is 0 Å². The number of rotatable bonds is 6. The highest BCUT2D eigenvalue weighted by Crippen LogP contribution is 2.14. The molecule has 0 bridgehead atoms. The van der Waals surface area contributed by atoms with Crippen LogP contribution in [0.3, 0.4) is 0 Å². The van der Waals surface area contributed by atoms with Gasteiger partial charge in [-0.25, -0.2) is 0 Å². The van der Waals surface area contributed by atoms with E-state index in [4.69, 9.17) is 0 Å². The largest absolute Gasteiger partial charge is 0.355 e. The molecule has 0 aliphatic carbocycles. The molecule has 0 fully saturated rings. The zero-order chi connectivity index (χ0) is 14.3. The van der Waals surface area contributed by atoms with Crippen LogP contribution >= 0.6 is 0 Å². The Labute approximate surface area is 114 Å². The summed E-state index contributed by atoms with van der Waals surface area (Å²) in [5.74, 6) is -0.507. The summed E-state index contributed by atoms with van der Waals surface area (Å²) in [7, 11) is 0. The third kappa shape index (κ3) is 4.39. The van der Waals surface area contributed by atoms with Crippen LogP contribution in [0.4, 0.5) is 0 Å². The highest BCUT2D eigenvalue weighted by Gasteiger charge is 2.22. The van der Waals surface area contributed by atoms with Crippen LogP contribution in [0, 0.1) is 0 Å². The van der Waals surface area contributed by atoms with E-state index in [-0.39, 0.29) is 17.7 Å². The van der Waals surface area contributed by atoms with E-state index in [1.165, 1.54) is 0 Å². The Balaban J connectivity index is 2.65. The maximum atomic E-state index is 12.1. The summed E-state index contributed by atoms with van der Waals surface area (Å²) in [6.07, 6.45) is 0.582. The number of benzene rings is 1. The lowest BCUT2D eigenvalue weighted by Gasteiger charge is -2.19. The molecule has 0 heterocycles. The number of hydrogen-bond donors (Lipinski definition) is 2. The molecule has 0 saturated carbocycles. The molecule has 19 heavy (non-hydrogen) atoms. The van der Waals surface area contributed by atoms with Gasteiger partial charge >= 0.3 is 0 Å². The summed E-state index contributed by atoms with van der Waals surface area (Å²) in [6, 6.07) is 9.09. The fourth-order valence-corrected chi connectivity index (χ4v) is 1.84. The van der Waals surface area contributed by atoms with Gasteiger partial charge in [0.25, 0.3) is 0 Å². The molecule has 2 N–H and O–H groups in total. The molecular weight excluding hydrogens is 240 g/mol. The first-order chi connectivity index (χ1) is 9.10. The fraction of sp³-hybridized carbons (Fsp3) is 0.467. The standard InChI is InChI=1S/C15H22N2O2/c1-4-13(15(19)16-5-2)17-14(18)11(3)12-9-7-6-8-10-12/h6-11,13H,4-5H2,1-3H3,(H,16,19)(H,17,18). The Morgan fingerprint density at radius 3 is 2.26 bits per heavy atom. The first-order valence-electron chi connectivity index (χ1n) is 6.73. The van der Waals surface area contributed by atoms with E-state index in [1.807, 2.05) is 51.1 Å². The number of hydrogen-bond acceptors (Lipinski definition) is 2. The van der Waals surface area contributed by atoms with Crippen LogP contribution in [-0.4, -0.2) is 24.4 Å². The van der Waals surface area contributed by atoms with E-state index in [0.29, 0.717) is 13.0 Å². The van der Waals surface area contributed by atoms with Gasteiger partial charge < -0.3 is 10.6 Å². The molecule has 104 valence electrons. The number of likely N-dealkylation sites (N-methyl/N-ethyl adjacent to an activating group) is 1. The molecule has 2 amide bonds. The third-order valence-electron chi connectivity index (χ3n) is 3.09. The number of carbonyl (C=O) groups excluding carboxylic acids is 2. The van der Waals surface area contributed by atoms with Gasteiger partial charge in [-0.1, -0.05) is 37.3 Å². The Morgan fingerprint density at radius 2 is 1.74 bits per heavy atom. The quantitative estimate of drug-likeness (QED) is 0.821. The first-order valence-corrected chi connectivity index (χ1v) is 6.73. The van der Waals surface area contributed by atoms with Gasteiger partial charge in [0.1, 0.15) is 6.04 Å². The minimum Gasteiger partial charge on any atom is -0.355 e. The van der Waals surface area contributed by atoms with Gasteiger partial charge in [-0.3, -0.25) is 9.59 Å². The van der Waals surface area contributed by atoms with Crippen LogP contribution in [0.15, 0.2) is 30.3 Å². The Kier molecular flexibility index (Phi) is 6.06. The van der Waals surface area contributed by atoms with Gasteiger partial charge in [0.05, 0.1) is 5.92 Å². The molecule has 0 spiro atoms. The lowest BCUT2D eigenvalue weighted by atomic mass is 10.00. The average molecular weight is 262 g/mol. The summed E-state index contributed by atoms with van der Waals surface area (Å²) in [6.45, 7) is 6.15. The molecule has 0 aromatic heterocycles. The summed E-state index contributed by atoms with van der Waals surface area (Å²) >= 11 is 0. The topological polar surface area (TPSA) is 58.2 Å². The van der Waals surface area contributed by atoms with Crippen molar-refractivity contribution in [2.24, 2.45) is 0 Å². The molecule has 0 aliphatic rings. The highest BCUT2D eigenvalue weighted by atomic mass is 16.2. The maximum Gasteiger partial charge on any atom is 0.242 e. The van der Waals surface area contributed by atoms with Crippen LogP contribution in [0.5, 0.6) is 0 Å². The minimum atomic E-state index is -0.460.